The highest BCUT2D eigenvalue weighted by Crippen LogP contribution is 2.23. The minimum Gasteiger partial charge on any atom is -0.353 e. The fourth-order valence-corrected chi connectivity index (χ4v) is 3.96. The van der Waals surface area contributed by atoms with E-state index in [0.29, 0.717) is 23.7 Å². The van der Waals surface area contributed by atoms with Crippen molar-refractivity contribution in [1.29, 1.82) is 0 Å². The summed E-state index contributed by atoms with van der Waals surface area (Å²) in [6, 6.07) is 17.0. The molecule has 2 aromatic carbocycles. The van der Waals surface area contributed by atoms with Crippen LogP contribution in [0.5, 0.6) is 0 Å². The number of carbonyl (C=O) groups is 2. The molecule has 0 aliphatic carbocycles. The van der Waals surface area contributed by atoms with Crippen LogP contribution in [0.25, 0.3) is 10.9 Å². The number of fused-ring (bicyclic) bond motifs is 1. The maximum atomic E-state index is 12.6. The zero-order valence-corrected chi connectivity index (χ0v) is 17.7. The van der Waals surface area contributed by atoms with Crippen molar-refractivity contribution in [2.75, 3.05) is 31.1 Å². The molecule has 0 spiro atoms. The van der Waals surface area contributed by atoms with Crippen LogP contribution in [0.2, 0.25) is 5.02 Å². The van der Waals surface area contributed by atoms with Crippen LogP contribution in [0.4, 0.5) is 5.82 Å². The summed E-state index contributed by atoms with van der Waals surface area (Å²) in [5.41, 5.74) is 2.79. The maximum Gasteiger partial charge on any atom is 0.223 e. The number of ketones is 1. The Morgan fingerprint density at radius 2 is 1.67 bits per heavy atom. The van der Waals surface area contributed by atoms with Crippen LogP contribution in [0.3, 0.4) is 0 Å². The van der Waals surface area contributed by atoms with E-state index in [9.17, 15) is 9.59 Å². The van der Waals surface area contributed by atoms with Crippen molar-refractivity contribution < 1.29 is 9.59 Å². The number of piperazine rings is 1. The van der Waals surface area contributed by atoms with Crippen LogP contribution in [0.1, 0.15) is 28.8 Å². The lowest BCUT2D eigenvalue weighted by molar-refractivity contribution is -0.131. The number of halogens is 1. The van der Waals surface area contributed by atoms with E-state index in [1.165, 1.54) is 10.9 Å². The predicted octanol–water partition coefficient (Wildman–Crippen LogP) is 4.51. The summed E-state index contributed by atoms with van der Waals surface area (Å²) < 4.78 is 0. The largest absolute Gasteiger partial charge is 0.353 e. The fraction of sp³-hybridized carbons (Fsp3) is 0.292. The Hall–Kier alpha value is -2.92. The summed E-state index contributed by atoms with van der Waals surface area (Å²) in [5.74, 6) is 0.949. The van der Waals surface area contributed by atoms with Gasteiger partial charge in [-0.15, -0.1) is 0 Å². The molecule has 1 aliphatic rings. The van der Waals surface area contributed by atoms with Gasteiger partial charge in [0.25, 0.3) is 0 Å². The van der Waals surface area contributed by atoms with Crippen molar-refractivity contribution in [3.8, 4) is 0 Å². The number of anilines is 1. The average Bonchev–Trinajstić information content (AvgIpc) is 2.78. The van der Waals surface area contributed by atoms with Gasteiger partial charge in [-0.3, -0.25) is 9.59 Å². The molecule has 3 aromatic rings. The Kier molecular flexibility index (Phi) is 6.00. The first-order valence-corrected chi connectivity index (χ1v) is 10.6. The number of para-hydroxylation sites is 1. The summed E-state index contributed by atoms with van der Waals surface area (Å²) in [6.07, 6.45) is 0.445. The van der Waals surface area contributed by atoms with Crippen LogP contribution in [0, 0.1) is 6.92 Å². The molecule has 1 fully saturated rings. The second-order valence-corrected chi connectivity index (χ2v) is 8.05. The van der Waals surface area contributed by atoms with Crippen LogP contribution >= 0.6 is 11.6 Å². The average molecular weight is 422 g/mol. The molecule has 1 amide bonds. The summed E-state index contributed by atoms with van der Waals surface area (Å²) in [4.78, 5) is 33.7. The third-order valence-electron chi connectivity index (χ3n) is 5.60. The summed E-state index contributed by atoms with van der Waals surface area (Å²) in [5, 5.41) is 1.76. The van der Waals surface area contributed by atoms with Crippen molar-refractivity contribution in [3.63, 3.8) is 0 Å². The van der Waals surface area contributed by atoms with Gasteiger partial charge in [-0.1, -0.05) is 29.8 Å². The molecular weight excluding hydrogens is 398 g/mol. The predicted molar refractivity (Wildman–Crippen MR) is 120 cm³/mol. The van der Waals surface area contributed by atoms with Crippen LogP contribution in [-0.4, -0.2) is 47.8 Å². The van der Waals surface area contributed by atoms with E-state index in [4.69, 9.17) is 16.6 Å². The SMILES string of the molecule is Cc1cc(N2CCN(C(=O)CCC(=O)c3ccc(Cl)cc3)CC2)nc2ccccc12. The minimum atomic E-state index is -0.0329. The molecule has 154 valence electrons. The van der Waals surface area contributed by atoms with Gasteiger partial charge in [-0.25, -0.2) is 4.98 Å². The second-order valence-electron chi connectivity index (χ2n) is 7.61. The number of aromatic nitrogens is 1. The molecule has 1 aromatic heterocycles. The number of hydrogen-bond acceptors (Lipinski definition) is 4. The van der Waals surface area contributed by atoms with Gasteiger partial charge in [-0.05, 0) is 48.9 Å². The van der Waals surface area contributed by atoms with Gasteiger partial charge in [0.2, 0.25) is 5.91 Å². The molecule has 1 saturated heterocycles. The molecule has 0 atom stereocenters. The fourth-order valence-electron chi connectivity index (χ4n) is 3.84. The Morgan fingerprint density at radius 1 is 0.967 bits per heavy atom. The van der Waals surface area contributed by atoms with Crippen molar-refractivity contribution in [2.45, 2.75) is 19.8 Å². The zero-order valence-electron chi connectivity index (χ0n) is 17.0. The smallest absolute Gasteiger partial charge is 0.223 e. The van der Waals surface area contributed by atoms with Gasteiger partial charge >= 0.3 is 0 Å². The monoisotopic (exact) mass is 421 g/mol. The Balaban J connectivity index is 1.32. The van der Waals surface area contributed by atoms with Crippen molar-refractivity contribution in [3.05, 3.63) is 70.7 Å². The third-order valence-corrected chi connectivity index (χ3v) is 5.85. The number of benzene rings is 2. The van der Waals surface area contributed by atoms with E-state index in [2.05, 4.69) is 24.0 Å². The first kappa shape index (κ1) is 20.4. The molecule has 4 rings (SSSR count). The highest BCUT2D eigenvalue weighted by Gasteiger charge is 2.23. The summed E-state index contributed by atoms with van der Waals surface area (Å²) >= 11 is 5.86. The quantitative estimate of drug-likeness (QED) is 0.569. The lowest BCUT2D eigenvalue weighted by atomic mass is 10.1. The van der Waals surface area contributed by atoms with Gasteiger partial charge < -0.3 is 9.80 Å². The lowest BCUT2D eigenvalue weighted by Crippen LogP contribution is -2.49. The molecule has 2 heterocycles. The first-order chi connectivity index (χ1) is 14.5. The number of nitrogens with zero attached hydrogens (tertiary/aromatic N) is 3. The van der Waals surface area contributed by atoms with Gasteiger partial charge in [0.15, 0.2) is 5.78 Å². The van der Waals surface area contributed by atoms with Crippen molar-refractivity contribution in [1.82, 2.24) is 9.88 Å². The van der Waals surface area contributed by atoms with E-state index < -0.39 is 0 Å². The Labute approximate surface area is 181 Å². The molecule has 0 radical (unpaired) electrons. The van der Waals surface area contributed by atoms with Crippen molar-refractivity contribution >= 4 is 40.0 Å². The van der Waals surface area contributed by atoms with Gasteiger partial charge in [-0.2, -0.15) is 0 Å². The summed E-state index contributed by atoms with van der Waals surface area (Å²) in [6.45, 7) is 4.86. The van der Waals surface area contributed by atoms with E-state index in [-0.39, 0.29) is 24.5 Å². The number of pyridine rings is 1. The molecule has 0 bridgehead atoms. The van der Waals surface area contributed by atoms with Crippen LogP contribution < -0.4 is 4.90 Å². The molecule has 30 heavy (non-hydrogen) atoms. The molecule has 0 saturated carbocycles. The van der Waals surface area contributed by atoms with E-state index in [1.54, 1.807) is 24.3 Å². The molecule has 0 unspecified atom stereocenters. The zero-order chi connectivity index (χ0) is 21.1. The number of carbonyl (C=O) groups excluding carboxylic acids is 2. The second kappa shape index (κ2) is 8.84. The van der Waals surface area contributed by atoms with Gasteiger partial charge in [0, 0.05) is 55.0 Å². The first-order valence-electron chi connectivity index (χ1n) is 10.2. The van der Waals surface area contributed by atoms with E-state index in [0.717, 1.165) is 24.4 Å². The molecule has 5 nitrogen and oxygen atoms in total. The van der Waals surface area contributed by atoms with E-state index >= 15 is 0 Å². The van der Waals surface area contributed by atoms with Crippen LogP contribution in [-0.2, 0) is 4.79 Å². The highest BCUT2D eigenvalue weighted by atomic mass is 35.5. The lowest BCUT2D eigenvalue weighted by Gasteiger charge is -2.35. The number of rotatable bonds is 5. The van der Waals surface area contributed by atoms with E-state index in [1.807, 2.05) is 23.1 Å². The maximum absolute atomic E-state index is 12.6. The number of hydrogen-bond donors (Lipinski definition) is 0. The van der Waals surface area contributed by atoms with Gasteiger partial charge in [0.05, 0.1) is 5.52 Å². The Morgan fingerprint density at radius 3 is 2.40 bits per heavy atom. The number of amides is 1. The highest BCUT2D eigenvalue weighted by molar-refractivity contribution is 6.30. The number of Topliss-reactive ketones (excluding diaryl/α,β-unsaturated/α-hetero) is 1. The van der Waals surface area contributed by atoms with Crippen LogP contribution in [0.15, 0.2) is 54.6 Å². The summed E-state index contributed by atoms with van der Waals surface area (Å²) in [7, 11) is 0. The minimum absolute atomic E-state index is 0.0274. The van der Waals surface area contributed by atoms with Gasteiger partial charge in [0.1, 0.15) is 5.82 Å². The molecule has 6 heteroatoms. The van der Waals surface area contributed by atoms with Crippen molar-refractivity contribution in [2.24, 2.45) is 0 Å². The Bertz CT molecular complexity index is 1070. The number of aryl methyl sites for hydroxylation is 1. The molecule has 0 N–H and O–H groups in total. The third kappa shape index (κ3) is 4.46. The normalized spacial score (nSPS) is 14.2. The standard InChI is InChI=1S/C24H24ClN3O2/c1-17-16-23(26-21-5-3-2-4-20(17)21)27-12-14-28(15-13-27)24(30)11-10-22(29)18-6-8-19(25)9-7-18/h2-9,16H,10-15H2,1H3. The topological polar surface area (TPSA) is 53.5 Å². The molecular formula is C24H24ClN3O2. The molecule has 1 aliphatic heterocycles.